The molecule has 0 aliphatic carbocycles. The Hall–Kier alpha value is -1.94. The summed E-state index contributed by atoms with van der Waals surface area (Å²) in [6.45, 7) is 0.710. The topological polar surface area (TPSA) is 71.8 Å². The van der Waals surface area contributed by atoms with Crippen molar-refractivity contribution >= 4 is 5.78 Å². The van der Waals surface area contributed by atoms with Crippen molar-refractivity contribution in [3.8, 4) is 0 Å². The summed E-state index contributed by atoms with van der Waals surface area (Å²) in [7, 11) is 0. The monoisotopic (exact) mass is 271 g/mol. The van der Waals surface area contributed by atoms with Gasteiger partial charge in [-0.3, -0.25) is 4.79 Å². The normalized spacial score (nSPS) is 12.2. The number of aromatic amines is 1. The minimum absolute atomic E-state index is 0.0638. The van der Waals surface area contributed by atoms with Crippen molar-refractivity contribution in [3.63, 3.8) is 0 Å². The van der Waals surface area contributed by atoms with Gasteiger partial charge in [-0.2, -0.15) is 0 Å². The number of nitrogens with zero attached hydrogens (tertiary/aromatic N) is 1. The quantitative estimate of drug-likeness (QED) is 0.573. The Morgan fingerprint density at radius 3 is 2.65 bits per heavy atom. The lowest BCUT2D eigenvalue weighted by atomic mass is 9.89. The van der Waals surface area contributed by atoms with Crippen molar-refractivity contribution in [2.75, 3.05) is 6.54 Å². The van der Waals surface area contributed by atoms with E-state index in [4.69, 9.17) is 5.73 Å². The van der Waals surface area contributed by atoms with E-state index in [2.05, 4.69) is 9.97 Å². The van der Waals surface area contributed by atoms with Crippen LogP contribution in [0.25, 0.3) is 0 Å². The molecule has 0 aliphatic heterocycles. The summed E-state index contributed by atoms with van der Waals surface area (Å²) in [6, 6.07) is 9.92. The van der Waals surface area contributed by atoms with Gasteiger partial charge < -0.3 is 10.7 Å². The smallest absolute Gasteiger partial charge is 0.205 e. The summed E-state index contributed by atoms with van der Waals surface area (Å²) < 4.78 is 0. The second kappa shape index (κ2) is 7.60. The van der Waals surface area contributed by atoms with Crippen LogP contribution >= 0.6 is 0 Å². The van der Waals surface area contributed by atoms with Crippen LogP contribution in [-0.2, 0) is 0 Å². The van der Waals surface area contributed by atoms with Gasteiger partial charge >= 0.3 is 0 Å². The predicted octanol–water partition coefficient (Wildman–Crippen LogP) is 2.90. The SMILES string of the molecule is NCCCCCC(C(=O)c1ncc[nH]1)c1ccccc1. The van der Waals surface area contributed by atoms with Gasteiger partial charge in [0.15, 0.2) is 5.82 Å². The Bertz CT molecular complexity index is 508. The molecule has 0 radical (unpaired) electrons. The minimum atomic E-state index is -0.125. The third-order valence-electron chi connectivity index (χ3n) is 3.45. The van der Waals surface area contributed by atoms with Crippen LogP contribution in [0.15, 0.2) is 42.7 Å². The molecule has 0 bridgehead atoms. The van der Waals surface area contributed by atoms with E-state index in [9.17, 15) is 4.79 Å². The average Bonchev–Trinajstić information content (AvgIpc) is 3.02. The van der Waals surface area contributed by atoms with E-state index in [0.29, 0.717) is 12.4 Å². The molecule has 1 unspecified atom stereocenters. The van der Waals surface area contributed by atoms with Crippen molar-refractivity contribution in [2.24, 2.45) is 5.73 Å². The molecule has 20 heavy (non-hydrogen) atoms. The Morgan fingerprint density at radius 1 is 1.20 bits per heavy atom. The Labute approximate surface area is 119 Å². The summed E-state index contributed by atoms with van der Waals surface area (Å²) in [4.78, 5) is 19.5. The molecule has 0 saturated carbocycles. The van der Waals surface area contributed by atoms with Crippen molar-refractivity contribution in [1.82, 2.24) is 9.97 Å². The van der Waals surface area contributed by atoms with Gasteiger partial charge in [0.25, 0.3) is 0 Å². The van der Waals surface area contributed by atoms with Crippen molar-refractivity contribution in [2.45, 2.75) is 31.6 Å². The summed E-state index contributed by atoms with van der Waals surface area (Å²) >= 11 is 0. The van der Waals surface area contributed by atoms with Crippen LogP contribution in [0.3, 0.4) is 0 Å². The Balaban J connectivity index is 2.10. The average molecular weight is 271 g/mol. The fraction of sp³-hybridized carbons (Fsp3) is 0.375. The largest absolute Gasteiger partial charge is 0.342 e. The molecule has 1 aromatic heterocycles. The van der Waals surface area contributed by atoms with E-state index < -0.39 is 0 Å². The van der Waals surface area contributed by atoms with E-state index in [1.54, 1.807) is 12.4 Å². The maximum Gasteiger partial charge on any atom is 0.205 e. The predicted molar refractivity (Wildman–Crippen MR) is 79.6 cm³/mol. The van der Waals surface area contributed by atoms with Crippen molar-refractivity contribution in [3.05, 3.63) is 54.1 Å². The minimum Gasteiger partial charge on any atom is -0.342 e. The lowest BCUT2D eigenvalue weighted by Crippen LogP contribution is -2.15. The molecule has 0 aliphatic rings. The number of ketones is 1. The fourth-order valence-corrected chi connectivity index (χ4v) is 2.37. The Kier molecular flexibility index (Phi) is 5.50. The van der Waals surface area contributed by atoms with Gasteiger partial charge in [0.1, 0.15) is 0 Å². The van der Waals surface area contributed by atoms with Gasteiger partial charge in [0.05, 0.1) is 5.92 Å². The highest BCUT2D eigenvalue weighted by Gasteiger charge is 2.23. The number of Topliss-reactive ketones (excluding diaryl/α,β-unsaturated/α-hetero) is 1. The number of hydrogen-bond acceptors (Lipinski definition) is 3. The van der Waals surface area contributed by atoms with Gasteiger partial charge in [-0.05, 0) is 24.9 Å². The highest BCUT2D eigenvalue weighted by atomic mass is 16.1. The van der Waals surface area contributed by atoms with Gasteiger partial charge in [-0.25, -0.2) is 4.98 Å². The highest BCUT2D eigenvalue weighted by Crippen LogP contribution is 2.25. The lowest BCUT2D eigenvalue weighted by molar-refractivity contribution is 0.0944. The number of benzene rings is 1. The second-order valence-electron chi connectivity index (χ2n) is 4.90. The number of imidazole rings is 1. The maximum atomic E-state index is 12.6. The lowest BCUT2D eigenvalue weighted by Gasteiger charge is -2.15. The third-order valence-corrected chi connectivity index (χ3v) is 3.45. The van der Waals surface area contributed by atoms with Crippen LogP contribution in [0.5, 0.6) is 0 Å². The number of carbonyl (C=O) groups is 1. The molecule has 106 valence electrons. The molecule has 0 fully saturated rings. The first-order chi connectivity index (χ1) is 9.83. The first kappa shape index (κ1) is 14.5. The molecule has 1 atom stereocenters. The summed E-state index contributed by atoms with van der Waals surface area (Å²) in [5.41, 5.74) is 6.57. The van der Waals surface area contributed by atoms with Crippen LogP contribution in [0.4, 0.5) is 0 Å². The van der Waals surface area contributed by atoms with Gasteiger partial charge in [-0.1, -0.05) is 43.2 Å². The van der Waals surface area contributed by atoms with Gasteiger partial charge in [0.2, 0.25) is 5.78 Å². The number of rotatable bonds is 8. The van der Waals surface area contributed by atoms with Crippen LogP contribution in [0.2, 0.25) is 0 Å². The van der Waals surface area contributed by atoms with Crippen LogP contribution in [-0.4, -0.2) is 22.3 Å². The number of hydrogen-bond donors (Lipinski definition) is 2. The number of nitrogens with one attached hydrogen (secondary N) is 1. The van der Waals surface area contributed by atoms with Crippen LogP contribution < -0.4 is 5.73 Å². The Morgan fingerprint density at radius 2 is 2.00 bits per heavy atom. The van der Waals surface area contributed by atoms with E-state index in [-0.39, 0.29) is 11.7 Å². The number of H-pyrrole nitrogens is 1. The van der Waals surface area contributed by atoms with E-state index in [1.165, 1.54) is 0 Å². The molecule has 1 aromatic carbocycles. The van der Waals surface area contributed by atoms with Crippen molar-refractivity contribution < 1.29 is 4.79 Å². The maximum absolute atomic E-state index is 12.6. The second-order valence-corrected chi connectivity index (χ2v) is 4.90. The summed E-state index contributed by atoms with van der Waals surface area (Å²) in [5.74, 6) is 0.381. The number of carbonyl (C=O) groups excluding carboxylic acids is 1. The number of nitrogens with two attached hydrogens (primary N) is 1. The van der Waals surface area contributed by atoms with E-state index in [1.807, 2.05) is 30.3 Å². The van der Waals surface area contributed by atoms with Crippen molar-refractivity contribution in [1.29, 1.82) is 0 Å². The zero-order chi connectivity index (χ0) is 14.2. The molecule has 2 rings (SSSR count). The molecule has 4 nitrogen and oxygen atoms in total. The zero-order valence-corrected chi connectivity index (χ0v) is 11.6. The van der Waals surface area contributed by atoms with Crippen LogP contribution in [0.1, 0.15) is 47.8 Å². The zero-order valence-electron chi connectivity index (χ0n) is 11.6. The summed E-state index contributed by atoms with van der Waals surface area (Å²) in [6.07, 6.45) is 7.21. The molecule has 1 heterocycles. The van der Waals surface area contributed by atoms with Crippen LogP contribution in [0, 0.1) is 0 Å². The summed E-state index contributed by atoms with van der Waals surface area (Å²) in [5, 5.41) is 0. The molecule has 0 saturated heterocycles. The first-order valence-electron chi connectivity index (χ1n) is 7.11. The number of unbranched alkanes of at least 4 members (excludes halogenated alkanes) is 2. The highest BCUT2D eigenvalue weighted by molar-refractivity contribution is 5.97. The number of aromatic nitrogens is 2. The van der Waals surface area contributed by atoms with E-state index >= 15 is 0 Å². The van der Waals surface area contributed by atoms with Gasteiger partial charge in [0, 0.05) is 12.4 Å². The van der Waals surface area contributed by atoms with E-state index in [0.717, 1.165) is 31.2 Å². The standard InChI is InChI=1S/C16H21N3O/c17-10-6-2-5-9-14(13-7-3-1-4-8-13)15(20)16-18-11-12-19-16/h1,3-4,7-8,11-12,14H,2,5-6,9-10,17H2,(H,18,19). The molecule has 2 aromatic rings. The van der Waals surface area contributed by atoms with Gasteiger partial charge in [-0.15, -0.1) is 0 Å². The molecule has 4 heteroatoms. The first-order valence-corrected chi connectivity index (χ1v) is 7.11. The molecule has 0 amide bonds. The molecule has 3 N–H and O–H groups in total. The fourth-order valence-electron chi connectivity index (χ4n) is 2.37. The molecular weight excluding hydrogens is 250 g/mol. The molecule has 0 spiro atoms. The molecular formula is C16H21N3O. The third kappa shape index (κ3) is 3.78.